The number of rotatable bonds is 8. The summed E-state index contributed by atoms with van der Waals surface area (Å²) < 4.78 is 23.5. The number of aryl methyl sites for hydroxylation is 1. The van der Waals surface area contributed by atoms with E-state index in [0.29, 0.717) is 27.8 Å². The molecule has 0 bridgehead atoms. The summed E-state index contributed by atoms with van der Waals surface area (Å²) in [4.78, 5) is 24.6. The zero-order valence-corrected chi connectivity index (χ0v) is 20.6. The maximum atomic E-state index is 13.7. The third kappa shape index (κ3) is 5.78. The van der Waals surface area contributed by atoms with Crippen LogP contribution in [0.3, 0.4) is 0 Å². The van der Waals surface area contributed by atoms with E-state index in [1.54, 1.807) is 28.3 Å². The van der Waals surface area contributed by atoms with E-state index < -0.39 is 33.0 Å². The summed E-state index contributed by atoms with van der Waals surface area (Å²) in [5.41, 5.74) is 2.80. The zero-order chi connectivity index (χ0) is 24.1. The number of nitrogens with one attached hydrogen (secondary N) is 1. The Morgan fingerprint density at radius 1 is 1.27 bits per heavy atom. The van der Waals surface area contributed by atoms with E-state index in [-0.39, 0.29) is 22.8 Å². The summed E-state index contributed by atoms with van der Waals surface area (Å²) in [5.74, 6) is -1.17. The van der Waals surface area contributed by atoms with Crippen molar-refractivity contribution >= 4 is 28.2 Å². The molecule has 0 saturated heterocycles. The van der Waals surface area contributed by atoms with Gasteiger partial charge in [-0.25, -0.2) is 0 Å². The number of hydrogen-bond acceptors (Lipinski definition) is 4. The van der Waals surface area contributed by atoms with Crippen LogP contribution in [-0.4, -0.2) is 11.1 Å². The minimum atomic E-state index is -1.04. The van der Waals surface area contributed by atoms with Crippen molar-refractivity contribution < 1.29 is 39.9 Å². The van der Waals surface area contributed by atoms with E-state index in [9.17, 15) is 19.1 Å². The van der Waals surface area contributed by atoms with E-state index >= 15 is 0 Å². The van der Waals surface area contributed by atoms with Gasteiger partial charge in [-0.05, 0) is 0 Å². The average Bonchev–Trinajstić information content (AvgIpc) is 2.76. The Morgan fingerprint density at radius 2 is 2.00 bits per heavy atom. The molecule has 172 valence electrons. The van der Waals surface area contributed by atoms with Gasteiger partial charge in [0.25, 0.3) is 0 Å². The molecule has 5 nitrogen and oxygen atoms in total. The molecule has 1 unspecified atom stereocenters. The molecule has 0 aliphatic heterocycles. The van der Waals surface area contributed by atoms with E-state index in [2.05, 4.69) is 11.9 Å². The second kappa shape index (κ2) is 10.6. The summed E-state index contributed by atoms with van der Waals surface area (Å²) in [6, 6.07) is 11.3. The van der Waals surface area contributed by atoms with Crippen molar-refractivity contribution in [3.63, 3.8) is 0 Å². The van der Waals surface area contributed by atoms with Crippen molar-refractivity contribution in [2.75, 3.05) is 5.32 Å². The summed E-state index contributed by atoms with van der Waals surface area (Å²) in [7, 11) is 0. The molecule has 0 fully saturated rings. The fraction of sp³-hybridized carbons (Fsp3) is 0.154. The molecular formula is C26H24FINO4-. The van der Waals surface area contributed by atoms with Crippen molar-refractivity contribution in [2.45, 2.75) is 26.8 Å². The average molecular weight is 560 g/mol. The van der Waals surface area contributed by atoms with Crippen LogP contribution in [0.15, 0.2) is 78.3 Å². The van der Waals surface area contributed by atoms with Crippen molar-refractivity contribution in [2.24, 2.45) is 0 Å². The molecular weight excluding hydrogens is 536 g/mol. The van der Waals surface area contributed by atoms with Gasteiger partial charge in [-0.1, -0.05) is 0 Å². The number of carbonyl (C=O) groups is 1. The van der Waals surface area contributed by atoms with Crippen LogP contribution in [0.2, 0.25) is 0 Å². The summed E-state index contributed by atoms with van der Waals surface area (Å²) in [6.07, 6.45) is 1.34. The van der Waals surface area contributed by atoms with Gasteiger partial charge < -0.3 is 0 Å². The normalized spacial score (nSPS) is 13.2. The van der Waals surface area contributed by atoms with E-state index in [4.69, 9.17) is 4.42 Å². The first-order valence-corrected chi connectivity index (χ1v) is 12.6. The SMILES string of the molecule is C=C[I-]/C=C(\C=C(/C)F)c1cc(=O)c2cc(C)cc(C(C)Nc3ccccc3C(=O)O)c2o1. The number of aromatic carboxylic acids is 1. The summed E-state index contributed by atoms with van der Waals surface area (Å²) >= 11 is -0.534. The van der Waals surface area contributed by atoms with Crippen molar-refractivity contribution in [3.05, 3.63) is 102 Å². The predicted molar refractivity (Wildman–Crippen MR) is 126 cm³/mol. The maximum absolute atomic E-state index is 13.7. The third-order valence-corrected chi connectivity index (χ3v) is 6.45. The first-order valence-electron chi connectivity index (χ1n) is 10.2. The number of carboxylic acid groups (broad SMARTS) is 1. The van der Waals surface area contributed by atoms with Gasteiger partial charge in [0.15, 0.2) is 0 Å². The number of carboxylic acids is 1. The molecule has 0 spiro atoms. The fourth-order valence-corrected chi connectivity index (χ4v) is 4.62. The molecule has 1 heterocycles. The Balaban J connectivity index is 2.18. The van der Waals surface area contributed by atoms with Gasteiger partial charge in [-0.2, -0.15) is 0 Å². The van der Waals surface area contributed by atoms with Crippen LogP contribution < -0.4 is 32.0 Å². The molecule has 1 atom stereocenters. The predicted octanol–water partition coefficient (Wildman–Crippen LogP) is 3.42. The second-order valence-corrected chi connectivity index (χ2v) is 9.72. The topological polar surface area (TPSA) is 79.5 Å². The van der Waals surface area contributed by atoms with Crippen molar-refractivity contribution in [3.8, 4) is 0 Å². The number of fused-ring (bicyclic) bond motifs is 1. The van der Waals surface area contributed by atoms with E-state index in [0.717, 1.165) is 5.56 Å². The Hall–Kier alpha value is -3.20. The van der Waals surface area contributed by atoms with Crippen molar-refractivity contribution in [1.82, 2.24) is 0 Å². The molecule has 0 saturated carbocycles. The van der Waals surface area contributed by atoms with Crippen LogP contribution in [0.25, 0.3) is 16.5 Å². The quantitative estimate of drug-likeness (QED) is 0.326. The van der Waals surface area contributed by atoms with Crippen LogP contribution in [0, 0.1) is 6.92 Å². The molecule has 1 aromatic heterocycles. The van der Waals surface area contributed by atoms with Gasteiger partial charge in [-0.3, -0.25) is 0 Å². The van der Waals surface area contributed by atoms with Crippen molar-refractivity contribution in [1.29, 1.82) is 0 Å². The van der Waals surface area contributed by atoms with Crippen LogP contribution >= 0.6 is 0 Å². The van der Waals surface area contributed by atoms with E-state index in [1.807, 2.05) is 24.0 Å². The van der Waals surface area contributed by atoms with E-state index in [1.165, 1.54) is 25.1 Å². The number of para-hydroxylation sites is 1. The van der Waals surface area contributed by atoms with Crippen LogP contribution in [0.1, 0.15) is 47.1 Å². The van der Waals surface area contributed by atoms with Crippen LogP contribution in [0.4, 0.5) is 10.1 Å². The summed E-state index contributed by atoms with van der Waals surface area (Å²) in [5, 5.41) is 13.1. The zero-order valence-electron chi connectivity index (χ0n) is 18.5. The van der Waals surface area contributed by atoms with Gasteiger partial charge >= 0.3 is 202 Å². The molecule has 33 heavy (non-hydrogen) atoms. The van der Waals surface area contributed by atoms with Gasteiger partial charge in [0.05, 0.1) is 0 Å². The summed E-state index contributed by atoms with van der Waals surface area (Å²) in [6.45, 7) is 8.80. The molecule has 0 aliphatic rings. The number of anilines is 1. The number of allylic oxidation sites excluding steroid dienone is 3. The number of halogens is 2. The Labute approximate surface area is 201 Å². The number of hydrogen-bond donors (Lipinski definition) is 2. The standard InChI is InChI=1S/C26H24FINO4/c1-5-28-14-18(12-16(3)27)24-13-23(30)21-11-15(2)10-20(25(21)33-24)17(4)29-22-9-7-6-8-19(22)26(31)32/h5-14,17,29H,1H2,2-4H3,(H,31,32)/q-1/b16-12+,18-14+. The first kappa shape index (κ1) is 24.4. The van der Waals surface area contributed by atoms with Crippen LogP contribution in [-0.2, 0) is 0 Å². The molecule has 0 amide bonds. The monoisotopic (exact) mass is 560 g/mol. The Kier molecular flexibility index (Phi) is 7.86. The third-order valence-electron chi connectivity index (χ3n) is 4.91. The molecule has 3 rings (SSSR count). The van der Waals surface area contributed by atoms with Gasteiger partial charge in [-0.15, -0.1) is 0 Å². The molecule has 3 aromatic rings. The Bertz CT molecular complexity index is 1340. The van der Waals surface area contributed by atoms with Gasteiger partial charge in [0.1, 0.15) is 0 Å². The van der Waals surface area contributed by atoms with Gasteiger partial charge in [0.2, 0.25) is 0 Å². The molecule has 7 heteroatoms. The Morgan fingerprint density at radius 3 is 2.67 bits per heavy atom. The van der Waals surface area contributed by atoms with Crippen LogP contribution in [0.5, 0.6) is 0 Å². The first-order chi connectivity index (χ1) is 15.7. The number of benzene rings is 2. The molecule has 0 radical (unpaired) electrons. The fourth-order valence-electron chi connectivity index (χ4n) is 3.49. The molecule has 2 aromatic carbocycles. The van der Waals surface area contributed by atoms with Gasteiger partial charge in [0, 0.05) is 0 Å². The molecule has 2 N–H and O–H groups in total. The molecule has 0 aliphatic carbocycles. The minimum absolute atomic E-state index is 0.144. The second-order valence-electron chi connectivity index (χ2n) is 7.50.